The van der Waals surface area contributed by atoms with Crippen molar-refractivity contribution in [2.45, 2.75) is 41.9 Å². The fourth-order valence-electron chi connectivity index (χ4n) is 5.06. The zero-order valence-corrected chi connectivity index (χ0v) is 26.7. The van der Waals surface area contributed by atoms with Gasteiger partial charge in [-0.1, -0.05) is 60.7 Å². The minimum atomic E-state index is -4.29. The number of sulfone groups is 1. The van der Waals surface area contributed by atoms with E-state index in [1.165, 1.54) is 18.2 Å². The van der Waals surface area contributed by atoms with Crippen LogP contribution in [0.5, 0.6) is 0 Å². The number of benzene rings is 4. The third-order valence-electron chi connectivity index (χ3n) is 7.67. The van der Waals surface area contributed by atoms with Gasteiger partial charge in [0.1, 0.15) is 10.8 Å². The van der Waals surface area contributed by atoms with Crippen LogP contribution in [0, 0.1) is 5.82 Å². The highest BCUT2D eigenvalue weighted by atomic mass is 32.2. The van der Waals surface area contributed by atoms with E-state index in [-0.39, 0.29) is 39.5 Å². The van der Waals surface area contributed by atoms with Crippen molar-refractivity contribution < 1.29 is 27.2 Å². The summed E-state index contributed by atoms with van der Waals surface area (Å²) < 4.78 is 43.4. The number of aromatic nitrogens is 1. The van der Waals surface area contributed by atoms with Crippen molar-refractivity contribution in [1.29, 1.82) is 0 Å². The first-order chi connectivity index (χ1) is 22.7. The molecule has 1 fully saturated rings. The normalized spacial score (nSPS) is 13.6. The van der Waals surface area contributed by atoms with Gasteiger partial charge < -0.3 is 16.0 Å². The predicted molar refractivity (Wildman–Crippen MR) is 179 cm³/mol. The number of thiazole rings is 1. The van der Waals surface area contributed by atoms with Gasteiger partial charge in [-0.25, -0.2) is 17.8 Å². The van der Waals surface area contributed by atoms with Crippen molar-refractivity contribution in [1.82, 2.24) is 15.6 Å². The van der Waals surface area contributed by atoms with Crippen molar-refractivity contribution in [2.24, 2.45) is 0 Å². The van der Waals surface area contributed by atoms with Crippen LogP contribution >= 0.6 is 11.3 Å². The maximum absolute atomic E-state index is 15.4. The predicted octanol–water partition coefficient (Wildman–Crippen LogP) is 5.58. The van der Waals surface area contributed by atoms with Crippen LogP contribution in [0.3, 0.4) is 0 Å². The summed E-state index contributed by atoms with van der Waals surface area (Å²) in [7, 11) is -4.29. The summed E-state index contributed by atoms with van der Waals surface area (Å²) in [5.41, 5.74) is 2.61. The standard InChI is InChI=1S/C35H31FN4O5S2/c36-28-20-29-30(19-27(28)23-12-14-24(15-13-23)38-31(41)18-11-22-7-3-1-4-8-22)46-35(40-29)33(47(44,45)26-9-5-2-6-10-26)34(43)37-21-32(42)39-25-16-17-25/h1-10,12-15,19-20,25,33H,11,16-18,21H2,(H,37,43)(H,38,41)(H,39,42). The molecular weight excluding hydrogens is 640 g/mol. The molecule has 1 aromatic heterocycles. The van der Waals surface area contributed by atoms with Gasteiger partial charge in [0.25, 0.3) is 0 Å². The number of halogens is 1. The Kier molecular flexibility index (Phi) is 9.41. The van der Waals surface area contributed by atoms with Gasteiger partial charge in [0, 0.05) is 29.8 Å². The Labute approximate surface area is 275 Å². The Balaban J connectivity index is 1.23. The minimum absolute atomic E-state index is 0.0472. The van der Waals surface area contributed by atoms with Crippen LogP contribution < -0.4 is 16.0 Å². The average Bonchev–Trinajstić information content (AvgIpc) is 3.80. The Morgan fingerprint density at radius 2 is 1.57 bits per heavy atom. The van der Waals surface area contributed by atoms with Crippen molar-refractivity contribution in [3.63, 3.8) is 0 Å². The number of nitrogens with zero attached hydrogens (tertiary/aromatic N) is 1. The zero-order valence-electron chi connectivity index (χ0n) is 25.1. The van der Waals surface area contributed by atoms with Gasteiger partial charge in [-0.05, 0) is 60.7 Å². The highest BCUT2D eigenvalue weighted by Crippen LogP contribution is 2.37. The molecular formula is C35H31FN4O5S2. The van der Waals surface area contributed by atoms with E-state index in [0.29, 0.717) is 28.8 Å². The van der Waals surface area contributed by atoms with Crippen LogP contribution in [0.25, 0.3) is 21.3 Å². The number of aryl methyl sites for hydroxylation is 1. The molecule has 1 aliphatic rings. The van der Waals surface area contributed by atoms with Gasteiger partial charge in [0.2, 0.25) is 17.7 Å². The molecule has 3 N–H and O–H groups in total. The molecule has 4 aromatic carbocycles. The van der Waals surface area contributed by atoms with Gasteiger partial charge in [-0.15, -0.1) is 11.3 Å². The molecule has 0 radical (unpaired) electrons. The molecule has 1 saturated carbocycles. The third-order valence-corrected chi connectivity index (χ3v) is 10.9. The molecule has 6 rings (SSSR count). The van der Waals surface area contributed by atoms with E-state index in [2.05, 4.69) is 20.9 Å². The number of nitrogens with one attached hydrogen (secondary N) is 3. The van der Waals surface area contributed by atoms with Crippen molar-refractivity contribution in [3.8, 4) is 11.1 Å². The SMILES string of the molecule is O=C(CCc1ccccc1)Nc1ccc(-c2cc3sc(C(C(=O)NCC(=O)NC4CC4)S(=O)(=O)c4ccccc4)nc3cc2F)cc1. The van der Waals surface area contributed by atoms with E-state index in [1.54, 1.807) is 48.5 Å². The molecule has 3 amide bonds. The minimum Gasteiger partial charge on any atom is -0.352 e. The number of amides is 3. The monoisotopic (exact) mass is 670 g/mol. The summed E-state index contributed by atoms with van der Waals surface area (Å²) in [6, 6.07) is 26.8. The van der Waals surface area contributed by atoms with Gasteiger partial charge in [0.15, 0.2) is 15.1 Å². The molecule has 9 nitrogen and oxygen atoms in total. The lowest BCUT2D eigenvalue weighted by Crippen LogP contribution is -2.41. The number of rotatable bonds is 12. The molecule has 1 atom stereocenters. The van der Waals surface area contributed by atoms with Crippen molar-refractivity contribution >= 4 is 54.8 Å². The fourth-order valence-corrected chi connectivity index (χ4v) is 8.04. The maximum atomic E-state index is 15.4. The van der Waals surface area contributed by atoms with Crippen LogP contribution in [0.4, 0.5) is 10.1 Å². The number of carbonyl (C=O) groups excluding carboxylic acids is 3. The second-order valence-electron chi connectivity index (χ2n) is 11.3. The molecule has 240 valence electrons. The lowest BCUT2D eigenvalue weighted by molar-refractivity contribution is -0.126. The molecule has 5 aromatic rings. The van der Waals surface area contributed by atoms with E-state index in [4.69, 9.17) is 0 Å². The van der Waals surface area contributed by atoms with E-state index in [0.717, 1.165) is 29.7 Å². The Morgan fingerprint density at radius 1 is 0.894 bits per heavy atom. The molecule has 1 heterocycles. The maximum Gasteiger partial charge on any atom is 0.246 e. The van der Waals surface area contributed by atoms with Gasteiger partial charge in [-0.3, -0.25) is 14.4 Å². The van der Waals surface area contributed by atoms with E-state index in [9.17, 15) is 22.8 Å². The lowest BCUT2D eigenvalue weighted by atomic mass is 10.0. The highest BCUT2D eigenvalue weighted by Gasteiger charge is 2.38. The molecule has 0 spiro atoms. The van der Waals surface area contributed by atoms with E-state index >= 15 is 4.39 Å². The van der Waals surface area contributed by atoms with Gasteiger partial charge >= 0.3 is 0 Å². The second kappa shape index (κ2) is 13.8. The summed E-state index contributed by atoms with van der Waals surface area (Å²) in [4.78, 5) is 42.4. The summed E-state index contributed by atoms with van der Waals surface area (Å²) in [5.74, 6) is -2.04. The molecule has 12 heteroatoms. The van der Waals surface area contributed by atoms with Crippen LogP contribution in [0.2, 0.25) is 0 Å². The Morgan fingerprint density at radius 3 is 2.26 bits per heavy atom. The number of fused-ring (bicyclic) bond motifs is 1. The Bertz CT molecular complexity index is 2030. The quantitative estimate of drug-likeness (QED) is 0.159. The Hall–Kier alpha value is -4.94. The smallest absolute Gasteiger partial charge is 0.246 e. The van der Waals surface area contributed by atoms with Crippen LogP contribution in [0.1, 0.15) is 35.1 Å². The fraction of sp³-hybridized carbons (Fsp3) is 0.200. The summed E-state index contributed by atoms with van der Waals surface area (Å²) in [5, 5.41) is 6.26. The van der Waals surface area contributed by atoms with Crippen molar-refractivity contribution in [2.75, 3.05) is 11.9 Å². The third kappa shape index (κ3) is 7.72. The number of carbonyl (C=O) groups is 3. The van der Waals surface area contributed by atoms with Gasteiger partial charge in [-0.2, -0.15) is 0 Å². The number of hydrogen-bond acceptors (Lipinski definition) is 7. The summed E-state index contributed by atoms with van der Waals surface area (Å²) in [6.07, 6.45) is 2.66. The van der Waals surface area contributed by atoms with Crippen LogP contribution in [-0.2, 0) is 30.6 Å². The van der Waals surface area contributed by atoms with Crippen molar-refractivity contribution in [3.05, 3.63) is 113 Å². The molecule has 1 aliphatic carbocycles. The molecule has 0 aliphatic heterocycles. The van der Waals surface area contributed by atoms with Gasteiger partial charge in [0.05, 0.1) is 21.7 Å². The molecule has 0 bridgehead atoms. The first-order valence-corrected chi connectivity index (χ1v) is 17.4. The van der Waals surface area contributed by atoms with Crippen LogP contribution in [-0.4, -0.2) is 43.7 Å². The largest absolute Gasteiger partial charge is 0.352 e. The first-order valence-electron chi connectivity index (χ1n) is 15.1. The average molecular weight is 671 g/mol. The number of anilines is 1. The molecule has 1 unspecified atom stereocenters. The summed E-state index contributed by atoms with van der Waals surface area (Å²) >= 11 is 0.968. The molecule has 47 heavy (non-hydrogen) atoms. The summed E-state index contributed by atoms with van der Waals surface area (Å²) in [6.45, 7) is -0.386. The lowest BCUT2D eigenvalue weighted by Gasteiger charge is -2.15. The number of hydrogen-bond donors (Lipinski definition) is 3. The molecule has 0 saturated heterocycles. The van der Waals surface area contributed by atoms with Crippen LogP contribution in [0.15, 0.2) is 102 Å². The first kappa shape index (κ1) is 32.0. The van der Waals surface area contributed by atoms with E-state index < -0.39 is 32.7 Å². The second-order valence-corrected chi connectivity index (χ2v) is 14.4. The van der Waals surface area contributed by atoms with E-state index in [1.807, 2.05) is 30.3 Å². The topological polar surface area (TPSA) is 134 Å². The zero-order chi connectivity index (χ0) is 33.0. The highest BCUT2D eigenvalue weighted by molar-refractivity contribution is 7.92.